The molecule has 0 atom stereocenters. The predicted octanol–water partition coefficient (Wildman–Crippen LogP) is 2.26. The number of ketones is 1. The zero-order chi connectivity index (χ0) is 10.1. The molecule has 3 heteroatoms. The average Bonchev–Trinajstić information content (AvgIpc) is 2.19. The smallest absolute Gasteiger partial charge is 0.146 e. The normalized spacial score (nSPS) is 8.54. The highest BCUT2D eigenvalue weighted by molar-refractivity contribution is 6.30. The summed E-state index contributed by atoms with van der Waals surface area (Å²) in [6, 6.07) is 9.44. The topological polar surface area (TPSA) is 43.1 Å². The van der Waals surface area contributed by atoms with Crippen molar-refractivity contribution < 1.29 is 4.79 Å². The first-order valence-electron chi connectivity index (χ1n) is 4.13. The van der Waals surface area contributed by atoms with Crippen molar-refractivity contribution in [1.82, 2.24) is 0 Å². The molecule has 1 aromatic rings. The van der Waals surface area contributed by atoms with E-state index in [4.69, 9.17) is 17.3 Å². The van der Waals surface area contributed by atoms with Crippen LogP contribution in [0.1, 0.15) is 13.3 Å². The number of hydrogen-bond donors (Lipinski definition) is 1. The van der Waals surface area contributed by atoms with Crippen molar-refractivity contribution in [2.75, 3.05) is 6.54 Å². The van der Waals surface area contributed by atoms with Crippen molar-refractivity contribution >= 4 is 17.4 Å². The van der Waals surface area contributed by atoms with Crippen molar-refractivity contribution in [3.05, 3.63) is 35.4 Å². The Morgan fingerprint density at radius 3 is 2.08 bits per heavy atom. The second-order valence-corrected chi connectivity index (χ2v) is 2.83. The van der Waals surface area contributed by atoms with Crippen LogP contribution >= 0.6 is 11.6 Å². The van der Waals surface area contributed by atoms with Crippen molar-refractivity contribution in [3.63, 3.8) is 0 Å². The van der Waals surface area contributed by atoms with Gasteiger partial charge in [0.25, 0.3) is 0 Å². The van der Waals surface area contributed by atoms with Crippen molar-refractivity contribution in [2.24, 2.45) is 5.73 Å². The van der Waals surface area contributed by atoms with Crippen LogP contribution in [0.3, 0.4) is 0 Å². The fraction of sp³-hybridized carbons (Fsp3) is 0.300. The van der Waals surface area contributed by atoms with E-state index < -0.39 is 0 Å². The highest BCUT2D eigenvalue weighted by atomic mass is 35.5. The molecule has 0 radical (unpaired) electrons. The van der Waals surface area contributed by atoms with Crippen LogP contribution in [0.15, 0.2) is 30.3 Å². The summed E-state index contributed by atoms with van der Waals surface area (Å²) in [4.78, 5) is 10.1. The number of benzene rings is 1. The predicted molar refractivity (Wildman–Crippen MR) is 55.8 cm³/mol. The average molecular weight is 200 g/mol. The molecule has 0 spiro atoms. The largest absolute Gasteiger partial charge is 0.324 e. The Labute approximate surface area is 83.7 Å². The van der Waals surface area contributed by atoms with Gasteiger partial charge in [0, 0.05) is 11.4 Å². The molecule has 0 amide bonds. The van der Waals surface area contributed by atoms with Crippen LogP contribution in [0.2, 0.25) is 5.02 Å². The van der Waals surface area contributed by atoms with Gasteiger partial charge in [-0.1, -0.05) is 36.7 Å². The van der Waals surface area contributed by atoms with E-state index in [-0.39, 0.29) is 12.3 Å². The van der Waals surface area contributed by atoms with Gasteiger partial charge in [0.05, 0.1) is 6.54 Å². The molecule has 0 aliphatic heterocycles. The number of Topliss-reactive ketones (excluding diaryl/α,β-unsaturated/α-hetero) is 1. The third-order valence-corrected chi connectivity index (χ3v) is 1.61. The third-order valence-electron chi connectivity index (χ3n) is 1.36. The van der Waals surface area contributed by atoms with E-state index in [1.807, 2.05) is 30.3 Å². The maximum Gasteiger partial charge on any atom is 0.146 e. The Bertz CT molecular complexity index is 230. The molecular weight excluding hydrogens is 186 g/mol. The van der Waals surface area contributed by atoms with Gasteiger partial charge in [-0.2, -0.15) is 0 Å². The Kier molecular flexibility index (Phi) is 7.26. The third kappa shape index (κ3) is 7.50. The van der Waals surface area contributed by atoms with Gasteiger partial charge in [-0.25, -0.2) is 0 Å². The fourth-order valence-electron chi connectivity index (χ4n) is 0.559. The lowest BCUT2D eigenvalue weighted by molar-refractivity contribution is -0.117. The molecule has 0 heterocycles. The summed E-state index contributed by atoms with van der Waals surface area (Å²) < 4.78 is 0. The Balaban J connectivity index is 0.000000226. The lowest BCUT2D eigenvalue weighted by Gasteiger charge is -1.82. The Morgan fingerprint density at radius 2 is 1.92 bits per heavy atom. The standard InChI is InChI=1S/C6H5Cl.C4H9NO/c7-6-4-2-1-3-5-6;1-2-4(6)3-5/h1-5H;2-3,5H2,1H3. The first-order valence-corrected chi connectivity index (χ1v) is 4.50. The maximum absolute atomic E-state index is 10.1. The van der Waals surface area contributed by atoms with Gasteiger partial charge in [-0.05, 0) is 12.1 Å². The zero-order valence-corrected chi connectivity index (χ0v) is 8.42. The molecule has 2 N–H and O–H groups in total. The van der Waals surface area contributed by atoms with E-state index in [1.165, 1.54) is 0 Å². The van der Waals surface area contributed by atoms with E-state index in [2.05, 4.69) is 0 Å². The van der Waals surface area contributed by atoms with Crippen molar-refractivity contribution in [2.45, 2.75) is 13.3 Å². The lowest BCUT2D eigenvalue weighted by atomic mass is 10.3. The van der Waals surface area contributed by atoms with E-state index in [0.29, 0.717) is 6.42 Å². The summed E-state index contributed by atoms with van der Waals surface area (Å²) in [6.07, 6.45) is 0.566. The molecule has 0 aliphatic rings. The monoisotopic (exact) mass is 199 g/mol. The van der Waals surface area contributed by atoms with E-state index in [1.54, 1.807) is 6.92 Å². The molecule has 72 valence electrons. The fourth-order valence-corrected chi connectivity index (χ4v) is 0.704. The highest BCUT2D eigenvalue weighted by Crippen LogP contribution is 2.03. The molecular formula is C10H14ClNO. The first kappa shape index (κ1) is 12.1. The Morgan fingerprint density at radius 1 is 1.38 bits per heavy atom. The molecule has 0 aliphatic carbocycles. The number of halogens is 1. The quantitative estimate of drug-likeness (QED) is 0.794. The van der Waals surface area contributed by atoms with Gasteiger partial charge in [0.2, 0.25) is 0 Å². The molecule has 0 unspecified atom stereocenters. The minimum atomic E-state index is 0.120. The van der Waals surface area contributed by atoms with Crippen LogP contribution in [-0.2, 0) is 4.79 Å². The van der Waals surface area contributed by atoms with Crippen molar-refractivity contribution in [1.29, 1.82) is 0 Å². The molecule has 0 aromatic heterocycles. The van der Waals surface area contributed by atoms with Gasteiger partial charge in [-0.3, -0.25) is 4.79 Å². The van der Waals surface area contributed by atoms with Crippen LogP contribution in [-0.4, -0.2) is 12.3 Å². The summed E-state index contributed by atoms with van der Waals surface area (Å²) in [5.41, 5.74) is 4.93. The molecule has 2 nitrogen and oxygen atoms in total. The van der Waals surface area contributed by atoms with E-state index in [9.17, 15) is 4.79 Å². The van der Waals surface area contributed by atoms with Gasteiger partial charge in [0.15, 0.2) is 0 Å². The summed E-state index contributed by atoms with van der Waals surface area (Å²) in [6.45, 7) is 1.99. The highest BCUT2D eigenvalue weighted by Gasteiger charge is 1.87. The number of hydrogen-bond acceptors (Lipinski definition) is 2. The minimum absolute atomic E-state index is 0.120. The summed E-state index contributed by atoms with van der Waals surface area (Å²) in [5.74, 6) is 0.120. The Hall–Kier alpha value is -0.860. The van der Waals surface area contributed by atoms with Crippen molar-refractivity contribution in [3.8, 4) is 0 Å². The molecule has 1 rings (SSSR count). The maximum atomic E-state index is 10.1. The van der Waals surface area contributed by atoms with E-state index in [0.717, 1.165) is 5.02 Å². The van der Waals surface area contributed by atoms with E-state index >= 15 is 0 Å². The van der Waals surface area contributed by atoms with Crippen LogP contribution < -0.4 is 5.73 Å². The number of rotatable bonds is 2. The van der Waals surface area contributed by atoms with Crippen LogP contribution in [0.4, 0.5) is 0 Å². The van der Waals surface area contributed by atoms with Gasteiger partial charge in [-0.15, -0.1) is 0 Å². The van der Waals surface area contributed by atoms with Gasteiger partial charge < -0.3 is 5.73 Å². The molecule has 0 saturated heterocycles. The number of carbonyl (C=O) groups is 1. The number of carbonyl (C=O) groups excluding carboxylic acids is 1. The summed E-state index contributed by atoms with van der Waals surface area (Å²) in [7, 11) is 0. The molecule has 13 heavy (non-hydrogen) atoms. The van der Waals surface area contributed by atoms with Gasteiger partial charge >= 0.3 is 0 Å². The van der Waals surface area contributed by atoms with Crippen LogP contribution in [0, 0.1) is 0 Å². The number of nitrogens with two attached hydrogens (primary N) is 1. The van der Waals surface area contributed by atoms with Crippen LogP contribution in [0.5, 0.6) is 0 Å². The van der Waals surface area contributed by atoms with Gasteiger partial charge in [0.1, 0.15) is 5.78 Å². The summed E-state index contributed by atoms with van der Waals surface area (Å²) in [5, 5.41) is 0.794. The zero-order valence-electron chi connectivity index (χ0n) is 7.66. The molecule has 1 aromatic carbocycles. The minimum Gasteiger partial charge on any atom is -0.324 e. The second kappa shape index (κ2) is 7.77. The molecule has 0 fully saturated rings. The van der Waals surface area contributed by atoms with Crippen LogP contribution in [0.25, 0.3) is 0 Å². The SMILES string of the molecule is CCC(=O)CN.Clc1ccccc1. The summed E-state index contributed by atoms with van der Waals surface area (Å²) >= 11 is 5.54. The first-order chi connectivity index (χ1) is 6.20. The molecule has 0 bridgehead atoms. The lowest BCUT2D eigenvalue weighted by Crippen LogP contribution is -2.11. The molecule has 0 saturated carbocycles. The second-order valence-electron chi connectivity index (χ2n) is 2.39.